The highest BCUT2D eigenvalue weighted by Gasteiger charge is 2.25. The molecule has 0 fully saturated rings. The average Bonchev–Trinajstić information content (AvgIpc) is 2.93. The molecule has 38 heavy (non-hydrogen) atoms. The summed E-state index contributed by atoms with van der Waals surface area (Å²) in [4.78, 5) is 11.0. The highest BCUT2D eigenvalue weighted by Crippen LogP contribution is 2.25. The minimum Gasteiger partial charge on any atom is -0.507 e. The summed E-state index contributed by atoms with van der Waals surface area (Å²) in [6, 6.07) is 19.8. The Morgan fingerprint density at radius 1 is 0.789 bits per heavy atom. The van der Waals surface area contributed by atoms with Crippen LogP contribution in [0.25, 0.3) is 0 Å². The van der Waals surface area contributed by atoms with Crippen LogP contribution in [0.1, 0.15) is 85.0 Å². The molecule has 6 heteroatoms. The lowest BCUT2D eigenvalue weighted by Crippen LogP contribution is -2.31. The zero-order chi connectivity index (χ0) is 27.4. The number of carbonyl (C=O) groups is 1. The van der Waals surface area contributed by atoms with E-state index < -0.39 is 10.0 Å². The normalized spacial score (nSPS) is 11.2. The van der Waals surface area contributed by atoms with Gasteiger partial charge >= 0.3 is 0 Å². The van der Waals surface area contributed by atoms with Gasteiger partial charge in [0.15, 0.2) is 6.29 Å². The van der Waals surface area contributed by atoms with Gasteiger partial charge < -0.3 is 5.11 Å². The summed E-state index contributed by atoms with van der Waals surface area (Å²) in [5.74, 6) is 6.05. The number of aryl methyl sites for hydroxylation is 1. The predicted octanol–water partition coefficient (Wildman–Crippen LogP) is 6.72. The van der Waals surface area contributed by atoms with Crippen molar-refractivity contribution in [2.75, 3.05) is 6.54 Å². The Morgan fingerprint density at radius 3 is 1.95 bits per heavy atom. The molecule has 1 N–H and O–H groups in total. The molecule has 3 aromatic carbocycles. The van der Waals surface area contributed by atoms with Crippen LogP contribution in [0.2, 0.25) is 0 Å². The summed E-state index contributed by atoms with van der Waals surface area (Å²) in [5, 5.41) is 10.1. The summed E-state index contributed by atoms with van der Waals surface area (Å²) in [5.41, 5.74) is 4.05. The van der Waals surface area contributed by atoms with E-state index in [-0.39, 0.29) is 22.8 Å². The number of nitrogens with zero attached hydrogens (tertiary/aromatic N) is 1. The highest BCUT2D eigenvalue weighted by atomic mass is 32.2. The maximum atomic E-state index is 13.5. The van der Waals surface area contributed by atoms with Crippen molar-refractivity contribution in [2.24, 2.45) is 0 Å². The Bertz CT molecular complexity index is 1350. The van der Waals surface area contributed by atoms with Crippen LogP contribution in [0.5, 0.6) is 5.75 Å². The summed E-state index contributed by atoms with van der Waals surface area (Å²) < 4.78 is 28.4. The highest BCUT2D eigenvalue weighted by molar-refractivity contribution is 7.89. The van der Waals surface area contributed by atoms with Gasteiger partial charge in [0.2, 0.25) is 10.0 Å². The van der Waals surface area contributed by atoms with Crippen molar-refractivity contribution in [1.82, 2.24) is 4.31 Å². The number of aromatic hydroxyl groups is 1. The zero-order valence-corrected chi connectivity index (χ0v) is 23.1. The molecule has 0 atom stereocenters. The number of benzene rings is 3. The largest absolute Gasteiger partial charge is 0.507 e. The number of hydrogen-bond acceptors (Lipinski definition) is 4. The molecule has 0 aliphatic heterocycles. The Kier molecular flexibility index (Phi) is 11.1. The Morgan fingerprint density at radius 2 is 1.39 bits per heavy atom. The van der Waals surface area contributed by atoms with Gasteiger partial charge in [-0.25, -0.2) is 8.42 Å². The first kappa shape index (κ1) is 29.2. The van der Waals surface area contributed by atoms with Crippen molar-refractivity contribution in [1.29, 1.82) is 0 Å². The Hall–Kier alpha value is -3.40. The standard InChI is InChI=1S/C32H37NO4S/c1-3-5-7-8-22-33(38(36,37)31-21-20-30(25-34)32(35)23-31)24-29-18-16-28(17-19-29)15-14-27-12-10-26(11-13-27)9-6-4-2/h10-13,16-21,23,25,35H,3-9,22,24H2,1-2H3. The molecule has 0 bridgehead atoms. The second-order valence-corrected chi connectivity index (χ2v) is 11.4. The molecule has 3 rings (SSSR count). The van der Waals surface area contributed by atoms with E-state index in [1.54, 1.807) is 0 Å². The fourth-order valence-electron chi connectivity index (χ4n) is 4.11. The molecule has 0 spiro atoms. The van der Waals surface area contributed by atoms with Crippen LogP contribution in [0.15, 0.2) is 71.6 Å². The van der Waals surface area contributed by atoms with Gasteiger partial charge in [0.05, 0.1) is 10.5 Å². The monoisotopic (exact) mass is 531 g/mol. The number of phenols is 1. The van der Waals surface area contributed by atoms with Crippen molar-refractivity contribution in [3.63, 3.8) is 0 Å². The fraction of sp³-hybridized carbons (Fsp3) is 0.344. The number of rotatable bonds is 13. The molecule has 0 unspecified atom stereocenters. The molecule has 200 valence electrons. The van der Waals surface area contributed by atoms with E-state index >= 15 is 0 Å². The Balaban J connectivity index is 1.75. The molecule has 0 radical (unpaired) electrons. The third-order valence-corrected chi connectivity index (χ3v) is 8.31. The molecular weight excluding hydrogens is 494 g/mol. The number of sulfonamides is 1. The molecule has 0 amide bonds. The number of aldehydes is 1. The van der Waals surface area contributed by atoms with Gasteiger partial charge in [-0.3, -0.25) is 4.79 Å². The van der Waals surface area contributed by atoms with E-state index in [1.807, 2.05) is 36.4 Å². The van der Waals surface area contributed by atoms with Gasteiger partial charge in [0.25, 0.3) is 0 Å². The first-order valence-electron chi connectivity index (χ1n) is 13.4. The van der Waals surface area contributed by atoms with E-state index in [9.17, 15) is 18.3 Å². The van der Waals surface area contributed by atoms with Gasteiger partial charge in [0.1, 0.15) is 5.75 Å². The lowest BCUT2D eigenvalue weighted by Gasteiger charge is -2.23. The first-order valence-corrected chi connectivity index (χ1v) is 14.8. The molecule has 0 aliphatic rings. The van der Waals surface area contributed by atoms with Gasteiger partial charge in [-0.05, 0) is 66.8 Å². The quantitative estimate of drug-likeness (QED) is 0.151. The van der Waals surface area contributed by atoms with Crippen LogP contribution in [-0.2, 0) is 23.0 Å². The smallest absolute Gasteiger partial charge is 0.243 e. The van der Waals surface area contributed by atoms with Crippen LogP contribution >= 0.6 is 0 Å². The van der Waals surface area contributed by atoms with Crippen molar-refractivity contribution in [3.05, 3.63) is 94.5 Å². The molecule has 5 nitrogen and oxygen atoms in total. The van der Waals surface area contributed by atoms with Crippen molar-refractivity contribution < 1.29 is 18.3 Å². The van der Waals surface area contributed by atoms with Gasteiger partial charge in [-0.1, -0.05) is 75.6 Å². The summed E-state index contributed by atoms with van der Waals surface area (Å²) in [6.07, 6.45) is 7.72. The van der Waals surface area contributed by atoms with E-state index in [4.69, 9.17) is 0 Å². The van der Waals surface area contributed by atoms with Crippen LogP contribution < -0.4 is 0 Å². The number of unbranched alkanes of at least 4 members (excludes halogenated alkanes) is 4. The Labute approximate surface area is 227 Å². The third kappa shape index (κ3) is 8.31. The maximum Gasteiger partial charge on any atom is 0.243 e. The molecule has 3 aromatic rings. The average molecular weight is 532 g/mol. The van der Waals surface area contributed by atoms with Crippen molar-refractivity contribution in [3.8, 4) is 17.6 Å². The van der Waals surface area contributed by atoms with E-state index in [0.717, 1.165) is 54.9 Å². The van der Waals surface area contributed by atoms with Crippen LogP contribution in [0.3, 0.4) is 0 Å². The van der Waals surface area contributed by atoms with Crippen LogP contribution in [0, 0.1) is 11.8 Å². The van der Waals surface area contributed by atoms with Gasteiger partial charge in [-0.2, -0.15) is 4.31 Å². The SMILES string of the molecule is CCCCCCN(Cc1ccc(C#Cc2ccc(CCCC)cc2)cc1)S(=O)(=O)c1ccc(C=O)c(O)c1. The lowest BCUT2D eigenvalue weighted by atomic mass is 10.1. The molecule has 0 saturated carbocycles. The van der Waals surface area contributed by atoms with E-state index in [0.29, 0.717) is 12.8 Å². The number of phenolic OH excluding ortho intramolecular Hbond substituents is 1. The lowest BCUT2D eigenvalue weighted by molar-refractivity contribution is 0.112. The molecule has 0 heterocycles. The second kappa shape index (κ2) is 14.5. The van der Waals surface area contributed by atoms with Crippen molar-refractivity contribution in [2.45, 2.75) is 70.2 Å². The van der Waals surface area contributed by atoms with Crippen LogP contribution in [-0.4, -0.2) is 30.7 Å². The minimum atomic E-state index is -3.87. The number of carbonyl (C=O) groups excluding carboxylic acids is 1. The first-order chi connectivity index (χ1) is 18.4. The molecule has 0 aliphatic carbocycles. The maximum absolute atomic E-state index is 13.5. The predicted molar refractivity (Wildman–Crippen MR) is 153 cm³/mol. The van der Waals surface area contributed by atoms with Crippen LogP contribution in [0.4, 0.5) is 0 Å². The fourth-order valence-corrected chi connectivity index (χ4v) is 5.60. The molecule has 0 aromatic heterocycles. The van der Waals surface area contributed by atoms with Gasteiger partial charge in [-0.15, -0.1) is 0 Å². The summed E-state index contributed by atoms with van der Waals surface area (Å²) in [7, 11) is -3.87. The number of hydrogen-bond donors (Lipinski definition) is 1. The van der Waals surface area contributed by atoms with E-state index in [2.05, 4.69) is 37.8 Å². The topological polar surface area (TPSA) is 74.7 Å². The van der Waals surface area contributed by atoms with Gasteiger partial charge in [0, 0.05) is 30.3 Å². The third-order valence-electron chi connectivity index (χ3n) is 6.46. The zero-order valence-electron chi connectivity index (χ0n) is 22.3. The summed E-state index contributed by atoms with van der Waals surface area (Å²) in [6.45, 7) is 4.88. The minimum absolute atomic E-state index is 0.0284. The second-order valence-electron chi connectivity index (χ2n) is 9.49. The van der Waals surface area contributed by atoms with Crippen molar-refractivity contribution >= 4 is 16.3 Å². The summed E-state index contributed by atoms with van der Waals surface area (Å²) >= 11 is 0. The molecular formula is C32H37NO4S. The van der Waals surface area contributed by atoms with E-state index in [1.165, 1.54) is 34.8 Å². The molecule has 0 saturated heterocycles.